The van der Waals surface area contributed by atoms with Crippen molar-refractivity contribution in [3.05, 3.63) is 58.1 Å². The summed E-state index contributed by atoms with van der Waals surface area (Å²) in [6.45, 7) is 10.8. The number of fused-ring (bicyclic) bond motifs is 3. The molecule has 9 heteroatoms. The standard InChI is InChI=1S/C28H34N4O5/c1-16(25-13-29-6-7-37-25)32-14-18(12-30-32)20-8-17-9-26(28(2,3)4)31-15-21(27(34)35)23(33)11-22(31)19(17)10-24(20)36-5/h8,10-12,14-16,25-26,29H,6-7,9,13H2,1-5H3,(H,34,35). The van der Waals surface area contributed by atoms with Gasteiger partial charge in [-0.15, -0.1) is 0 Å². The number of aromatic nitrogens is 3. The molecule has 2 aliphatic heterocycles. The highest BCUT2D eigenvalue weighted by Crippen LogP contribution is 2.45. The van der Waals surface area contributed by atoms with E-state index < -0.39 is 11.4 Å². The summed E-state index contributed by atoms with van der Waals surface area (Å²) in [5.74, 6) is -0.551. The van der Waals surface area contributed by atoms with Crippen LogP contribution in [0.3, 0.4) is 0 Å². The number of hydrogen-bond donors (Lipinski definition) is 2. The molecule has 0 bridgehead atoms. The molecular weight excluding hydrogens is 472 g/mol. The summed E-state index contributed by atoms with van der Waals surface area (Å²) in [5.41, 5.74) is 3.62. The fraction of sp³-hybridized carbons (Fsp3) is 0.464. The van der Waals surface area contributed by atoms with Gasteiger partial charge in [0.05, 0.1) is 37.8 Å². The number of hydrogen-bond acceptors (Lipinski definition) is 6. The van der Waals surface area contributed by atoms with Gasteiger partial charge in [-0.2, -0.15) is 5.10 Å². The Morgan fingerprint density at radius 2 is 2.03 bits per heavy atom. The molecular formula is C28H34N4O5. The van der Waals surface area contributed by atoms with Crippen molar-refractivity contribution in [2.75, 3.05) is 26.8 Å². The molecule has 1 fully saturated rings. The molecule has 2 aliphatic rings. The molecule has 1 saturated heterocycles. The molecule has 9 nitrogen and oxygen atoms in total. The number of carboxylic acids is 1. The van der Waals surface area contributed by atoms with Gasteiger partial charge >= 0.3 is 5.97 Å². The quantitative estimate of drug-likeness (QED) is 0.542. The van der Waals surface area contributed by atoms with Crippen molar-refractivity contribution >= 4 is 5.97 Å². The van der Waals surface area contributed by atoms with Gasteiger partial charge in [-0.1, -0.05) is 20.8 Å². The predicted octanol–water partition coefficient (Wildman–Crippen LogP) is 3.78. The van der Waals surface area contributed by atoms with Gasteiger partial charge in [0.1, 0.15) is 11.3 Å². The van der Waals surface area contributed by atoms with Gasteiger partial charge in [0, 0.05) is 54.3 Å². The van der Waals surface area contributed by atoms with Gasteiger partial charge < -0.3 is 24.5 Å². The molecule has 3 aromatic rings. The van der Waals surface area contributed by atoms with Crippen LogP contribution in [0.5, 0.6) is 5.75 Å². The molecule has 2 N–H and O–H groups in total. The number of nitrogens with one attached hydrogen (secondary N) is 1. The van der Waals surface area contributed by atoms with Crippen LogP contribution < -0.4 is 15.5 Å². The van der Waals surface area contributed by atoms with E-state index in [2.05, 4.69) is 44.2 Å². The van der Waals surface area contributed by atoms with Gasteiger partial charge in [-0.25, -0.2) is 4.79 Å². The predicted molar refractivity (Wildman–Crippen MR) is 140 cm³/mol. The van der Waals surface area contributed by atoms with Gasteiger partial charge in [0.15, 0.2) is 5.43 Å². The monoisotopic (exact) mass is 506 g/mol. The third-order valence-corrected chi connectivity index (χ3v) is 7.58. The lowest BCUT2D eigenvalue weighted by atomic mass is 9.78. The normalized spacial score (nSPS) is 20.1. The molecule has 0 radical (unpaired) electrons. The number of carboxylic acid groups (broad SMARTS) is 1. The van der Waals surface area contributed by atoms with Crippen LogP contribution in [0.1, 0.15) is 55.7 Å². The first kappa shape index (κ1) is 25.2. The van der Waals surface area contributed by atoms with Crippen molar-refractivity contribution in [2.24, 2.45) is 5.41 Å². The van der Waals surface area contributed by atoms with Crippen LogP contribution in [-0.4, -0.2) is 58.3 Å². The van der Waals surface area contributed by atoms with Gasteiger partial charge in [0.25, 0.3) is 0 Å². The number of pyridine rings is 1. The largest absolute Gasteiger partial charge is 0.496 e. The minimum atomic E-state index is -1.22. The number of carbonyl (C=O) groups is 1. The van der Waals surface area contributed by atoms with E-state index in [1.54, 1.807) is 7.11 Å². The zero-order chi connectivity index (χ0) is 26.5. The Morgan fingerprint density at radius 1 is 1.24 bits per heavy atom. The second-order valence-electron chi connectivity index (χ2n) is 11.0. The summed E-state index contributed by atoms with van der Waals surface area (Å²) in [5, 5.41) is 17.6. The number of benzene rings is 1. The fourth-order valence-electron chi connectivity index (χ4n) is 5.41. The second kappa shape index (κ2) is 9.46. The van der Waals surface area contributed by atoms with Gasteiger partial charge in [-0.3, -0.25) is 9.48 Å². The second-order valence-corrected chi connectivity index (χ2v) is 11.0. The van der Waals surface area contributed by atoms with Crippen LogP contribution in [0.4, 0.5) is 0 Å². The average Bonchev–Trinajstić information content (AvgIpc) is 3.36. The number of nitrogens with zero attached hydrogens (tertiary/aromatic N) is 3. The molecule has 3 atom stereocenters. The third-order valence-electron chi connectivity index (χ3n) is 7.58. The Kier molecular flexibility index (Phi) is 6.45. The van der Waals surface area contributed by atoms with E-state index in [1.807, 2.05) is 27.7 Å². The Labute approximate surface area is 216 Å². The van der Waals surface area contributed by atoms with Gasteiger partial charge in [-0.05, 0) is 36.5 Å². The fourth-order valence-corrected chi connectivity index (χ4v) is 5.41. The number of aromatic carboxylic acids is 1. The number of methoxy groups -OCH3 is 1. The highest BCUT2D eigenvalue weighted by molar-refractivity contribution is 5.88. The van der Waals surface area contributed by atoms with Crippen molar-refractivity contribution in [3.63, 3.8) is 0 Å². The lowest BCUT2D eigenvalue weighted by Crippen LogP contribution is -2.42. The van der Waals surface area contributed by atoms with Crippen LogP contribution in [0, 0.1) is 5.41 Å². The maximum absolute atomic E-state index is 12.7. The van der Waals surface area contributed by atoms with E-state index >= 15 is 0 Å². The van der Waals surface area contributed by atoms with E-state index in [1.165, 1.54) is 12.3 Å². The van der Waals surface area contributed by atoms with Crippen LogP contribution in [0.25, 0.3) is 22.4 Å². The van der Waals surface area contributed by atoms with Crippen LogP contribution in [-0.2, 0) is 11.2 Å². The Bertz CT molecular complexity index is 1390. The van der Waals surface area contributed by atoms with E-state index in [0.717, 1.165) is 35.3 Å². The van der Waals surface area contributed by atoms with E-state index in [4.69, 9.17) is 9.47 Å². The molecule has 3 unspecified atom stereocenters. The topological polar surface area (TPSA) is 108 Å². The van der Waals surface area contributed by atoms with Crippen molar-refractivity contribution < 1.29 is 19.4 Å². The summed E-state index contributed by atoms with van der Waals surface area (Å²) >= 11 is 0. The summed E-state index contributed by atoms with van der Waals surface area (Å²) < 4.78 is 15.6. The van der Waals surface area contributed by atoms with Crippen LogP contribution in [0.2, 0.25) is 0 Å². The van der Waals surface area contributed by atoms with Crippen molar-refractivity contribution in [2.45, 2.75) is 52.3 Å². The molecule has 196 valence electrons. The lowest BCUT2D eigenvalue weighted by Gasteiger charge is -2.39. The molecule has 37 heavy (non-hydrogen) atoms. The summed E-state index contributed by atoms with van der Waals surface area (Å²) in [6.07, 6.45) is 6.10. The minimum absolute atomic E-state index is 0.0337. The van der Waals surface area contributed by atoms with E-state index in [0.29, 0.717) is 24.5 Å². The Balaban J connectivity index is 1.60. The summed E-state index contributed by atoms with van der Waals surface area (Å²) in [4.78, 5) is 24.4. The van der Waals surface area contributed by atoms with Crippen molar-refractivity contribution in [1.29, 1.82) is 0 Å². The average molecular weight is 507 g/mol. The lowest BCUT2D eigenvalue weighted by molar-refractivity contribution is -0.00318. The van der Waals surface area contributed by atoms with E-state index in [-0.39, 0.29) is 29.2 Å². The van der Waals surface area contributed by atoms with Crippen LogP contribution in [0.15, 0.2) is 41.6 Å². The molecule has 4 heterocycles. The highest BCUT2D eigenvalue weighted by Gasteiger charge is 2.34. The van der Waals surface area contributed by atoms with Crippen LogP contribution >= 0.6 is 0 Å². The number of morpholine rings is 1. The molecule has 0 amide bonds. The van der Waals surface area contributed by atoms with Gasteiger partial charge in [0.2, 0.25) is 0 Å². The molecule has 0 spiro atoms. The van der Waals surface area contributed by atoms with E-state index in [9.17, 15) is 14.7 Å². The number of rotatable bonds is 5. The molecule has 1 aromatic carbocycles. The first-order valence-corrected chi connectivity index (χ1v) is 12.7. The molecule has 0 aliphatic carbocycles. The minimum Gasteiger partial charge on any atom is -0.496 e. The first-order chi connectivity index (χ1) is 17.6. The summed E-state index contributed by atoms with van der Waals surface area (Å²) in [7, 11) is 1.63. The molecule has 0 saturated carbocycles. The maximum Gasteiger partial charge on any atom is 0.341 e. The van der Waals surface area contributed by atoms with Crippen molar-refractivity contribution in [1.82, 2.24) is 19.7 Å². The SMILES string of the molecule is COc1cc2c(cc1-c1cnn(C(C)C3CNCCO3)c1)CC(C(C)(C)C)n1cc(C(=O)O)c(=O)cc1-2. The first-order valence-electron chi connectivity index (χ1n) is 12.7. The Hall–Kier alpha value is -3.43. The summed E-state index contributed by atoms with van der Waals surface area (Å²) in [6, 6.07) is 5.55. The smallest absolute Gasteiger partial charge is 0.341 e. The molecule has 2 aromatic heterocycles. The van der Waals surface area contributed by atoms with Crippen molar-refractivity contribution in [3.8, 4) is 28.1 Å². The highest BCUT2D eigenvalue weighted by atomic mass is 16.5. The zero-order valence-corrected chi connectivity index (χ0v) is 21.9. The maximum atomic E-state index is 12.7. The third kappa shape index (κ3) is 4.57. The Morgan fingerprint density at radius 3 is 2.68 bits per heavy atom. The molecule has 5 rings (SSSR count). The number of ether oxygens (including phenoxy) is 2. The zero-order valence-electron chi connectivity index (χ0n) is 21.9.